The zero-order valence-electron chi connectivity index (χ0n) is 24.5. The summed E-state index contributed by atoms with van der Waals surface area (Å²) in [5.41, 5.74) is 8.55. The van der Waals surface area contributed by atoms with Crippen molar-refractivity contribution in [2.24, 2.45) is 11.1 Å². The second kappa shape index (κ2) is 11.9. The standard InChI is InChI=1S/C32H39Cl2FN4O2/c1-19(16-36)7-8-20(2)39(18-40)21(3)38-17-25(22-9-12-27(35)26(34)13-22)32(29(38)15-31(4,5)6)24-11-10-23(33)14-28(24)37-30(32)41/h7-14,18,21,25,29H,15-17,36H2,1-6H3,(H,37,41)/b19-7+,20-8+. The molecule has 4 atom stereocenters. The predicted octanol–water partition coefficient (Wildman–Crippen LogP) is 6.84. The van der Waals surface area contributed by atoms with E-state index in [4.69, 9.17) is 28.9 Å². The molecule has 41 heavy (non-hydrogen) atoms. The molecule has 1 saturated heterocycles. The molecule has 2 aliphatic heterocycles. The molecule has 1 fully saturated rings. The number of carbonyl (C=O) groups is 2. The van der Waals surface area contributed by atoms with Crippen LogP contribution in [0.5, 0.6) is 0 Å². The van der Waals surface area contributed by atoms with E-state index in [0.29, 0.717) is 30.2 Å². The Hall–Kier alpha value is -2.71. The minimum atomic E-state index is -1.04. The lowest BCUT2D eigenvalue weighted by molar-refractivity contribution is -0.124. The number of rotatable bonds is 8. The second-order valence-electron chi connectivity index (χ2n) is 12.4. The average molecular weight is 602 g/mol. The van der Waals surface area contributed by atoms with Crippen molar-refractivity contribution < 1.29 is 14.0 Å². The normalized spacial score (nSPS) is 24.0. The van der Waals surface area contributed by atoms with Gasteiger partial charge in [0.1, 0.15) is 5.82 Å². The van der Waals surface area contributed by atoms with Crippen molar-refractivity contribution in [3.8, 4) is 0 Å². The van der Waals surface area contributed by atoms with E-state index in [2.05, 4.69) is 31.0 Å². The number of nitrogens with zero attached hydrogens (tertiary/aromatic N) is 2. The summed E-state index contributed by atoms with van der Waals surface area (Å²) in [7, 11) is 0. The summed E-state index contributed by atoms with van der Waals surface area (Å²) in [6.07, 6.45) is 4.87. The van der Waals surface area contributed by atoms with Crippen molar-refractivity contribution >= 4 is 41.2 Å². The number of benzene rings is 2. The number of carbonyl (C=O) groups excluding carboxylic acids is 2. The molecule has 9 heteroatoms. The van der Waals surface area contributed by atoms with Crippen molar-refractivity contribution in [1.82, 2.24) is 9.80 Å². The summed E-state index contributed by atoms with van der Waals surface area (Å²) < 4.78 is 14.3. The fraction of sp³-hybridized carbons (Fsp3) is 0.438. The van der Waals surface area contributed by atoms with Gasteiger partial charge in [-0.15, -0.1) is 0 Å². The molecule has 2 aromatic rings. The van der Waals surface area contributed by atoms with E-state index < -0.39 is 17.4 Å². The molecular formula is C32H39Cl2FN4O2. The van der Waals surface area contributed by atoms with E-state index in [9.17, 15) is 14.0 Å². The van der Waals surface area contributed by atoms with Crippen molar-refractivity contribution in [2.45, 2.75) is 71.5 Å². The van der Waals surface area contributed by atoms with Crippen LogP contribution in [-0.2, 0) is 15.0 Å². The molecule has 0 bridgehead atoms. The topological polar surface area (TPSA) is 78.7 Å². The largest absolute Gasteiger partial charge is 0.327 e. The minimum absolute atomic E-state index is 0.00149. The maximum Gasteiger partial charge on any atom is 0.237 e. The third-order valence-electron chi connectivity index (χ3n) is 8.41. The molecule has 0 saturated carbocycles. The molecule has 1 spiro atoms. The van der Waals surface area contributed by atoms with E-state index >= 15 is 0 Å². The molecule has 2 heterocycles. The van der Waals surface area contributed by atoms with E-state index in [1.54, 1.807) is 29.2 Å². The van der Waals surface area contributed by atoms with Crippen LogP contribution in [0.1, 0.15) is 65.0 Å². The van der Waals surface area contributed by atoms with E-state index in [0.717, 1.165) is 28.8 Å². The van der Waals surface area contributed by atoms with Gasteiger partial charge in [0.2, 0.25) is 12.3 Å². The van der Waals surface area contributed by atoms with E-state index in [-0.39, 0.29) is 28.3 Å². The number of amides is 2. The lowest BCUT2D eigenvalue weighted by Gasteiger charge is -2.43. The molecule has 220 valence electrons. The van der Waals surface area contributed by atoms with Crippen LogP contribution in [0.15, 0.2) is 59.8 Å². The highest BCUT2D eigenvalue weighted by Gasteiger charge is 2.64. The van der Waals surface area contributed by atoms with Gasteiger partial charge < -0.3 is 16.0 Å². The van der Waals surface area contributed by atoms with Gasteiger partial charge in [0.05, 0.1) is 16.6 Å². The number of likely N-dealkylation sites (tertiary alicyclic amines) is 1. The Morgan fingerprint density at radius 3 is 2.54 bits per heavy atom. The highest BCUT2D eigenvalue weighted by molar-refractivity contribution is 6.31. The number of fused-ring (bicyclic) bond motifs is 2. The maximum absolute atomic E-state index is 14.3. The molecule has 2 amide bonds. The highest BCUT2D eigenvalue weighted by atomic mass is 35.5. The molecule has 2 aromatic carbocycles. The highest BCUT2D eigenvalue weighted by Crippen LogP contribution is 2.58. The quantitative estimate of drug-likeness (QED) is 0.257. The smallest absolute Gasteiger partial charge is 0.237 e. The van der Waals surface area contributed by atoms with Gasteiger partial charge in [-0.25, -0.2) is 4.39 Å². The van der Waals surface area contributed by atoms with Gasteiger partial charge in [0, 0.05) is 41.5 Å². The predicted molar refractivity (Wildman–Crippen MR) is 164 cm³/mol. The van der Waals surface area contributed by atoms with Gasteiger partial charge in [-0.05, 0) is 74.1 Å². The summed E-state index contributed by atoms with van der Waals surface area (Å²) in [6.45, 7) is 13.1. The summed E-state index contributed by atoms with van der Waals surface area (Å²) in [5, 5.41) is 3.63. The lowest BCUT2D eigenvalue weighted by atomic mass is 9.64. The zero-order valence-corrected chi connectivity index (χ0v) is 26.0. The van der Waals surface area contributed by atoms with Gasteiger partial charge in [-0.2, -0.15) is 0 Å². The third-order valence-corrected chi connectivity index (χ3v) is 8.93. The van der Waals surface area contributed by atoms with Crippen LogP contribution >= 0.6 is 23.2 Å². The molecule has 0 radical (unpaired) electrons. The first kappa shape index (κ1) is 31.2. The molecular weight excluding hydrogens is 562 g/mol. The van der Waals surface area contributed by atoms with Crippen molar-refractivity contribution in [3.05, 3.63) is 86.8 Å². The second-order valence-corrected chi connectivity index (χ2v) is 13.2. The fourth-order valence-electron chi connectivity index (χ4n) is 6.39. The molecule has 0 aromatic heterocycles. The van der Waals surface area contributed by atoms with Crippen LogP contribution < -0.4 is 11.1 Å². The average Bonchev–Trinajstić information content (AvgIpc) is 3.38. The Morgan fingerprint density at radius 2 is 1.93 bits per heavy atom. The molecule has 2 aliphatic rings. The molecule has 4 rings (SSSR count). The van der Waals surface area contributed by atoms with Crippen LogP contribution in [0.2, 0.25) is 10.0 Å². The number of halogens is 3. The third kappa shape index (κ3) is 5.82. The van der Waals surface area contributed by atoms with Crippen molar-refractivity contribution in [1.29, 1.82) is 0 Å². The van der Waals surface area contributed by atoms with Gasteiger partial charge in [0.25, 0.3) is 0 Å². The lowest BCUT2D eigenvalue weighted by Crippen LogP contribution is -2.55. The minimum Gasteiger partial charge on any atom is -0.327 e. The van der Waals surface area contributed by atoms with Gasteiger partial charge >= 0.3 is 0 Å². The number of allylic oxidation sites excluding steroid dienone is 3. The number of hydrogen-bond acceptors (Lipinski definition) is 4. The fourth-order valence-corrected chi connectivity index (χ4v) is 6.75. The summed E-state index contributed by atoms with van der Waals surface area (Å²) in [4.78, 5) is 30.8. The SMILES string of the molecule is C/C(=C\C=C(/C)N(C=O)C(C)N1CC(c2ccc(F)c(Cl)c2)C2(C(=O)Nc3cc(Cl)ccc32)C1CC(C)(C)C)CN. The van der Waals surface area contributed by atoms with Crippen LogP contribution in [0, 0.1) is 11.2 Å². The van der Waals surface area contributed by atoms with E-state index in [1.165, 1.54) is 6.07 Å². The number of anilines is 1. The zero-order chi connectivity index (χ0) is 30.3. The Labute approximate surface area is 252 Å². The number of hydrogen-bond donors (Lipinski definition) is 2. The first-order valence-corrected chi connectivity index (χ1v) is 14.6. The van der Waals surface area contributed by atoms with Gasteiger partial charge in [-0.3, -0.25) is 14.5 Å². The van der Waals surface area contributed by atoms with Crippen LogP contribution in [0.3, 0.4) is 0 Å². The molecule has 4 unspecified atom stereocenters. The Morgan fingerprint density at radius 1 is 1.22 bits per heavy atom. The summed E-state index contributed by atoms with van der Waals surface area (Å²) >= 11 is 12.6. The number of nitrogens with two attached hydrogens (primary N) is 1. The first-order chi connectivity index (χ1) is 19.2. The Balaban J connectivity index is 1.94. The molecule has 0 aliphatic carbocycles. The van der Waals surface area contributed by atoms with Gasteiger partial charge in [0.15, 0.2) is 0 Å². The Kier molecular flexibility index (Phi) is 9.05. The summed E-state index contributed by atoms with van der Waals surface area (Å²) in [5.74, 6) is -1.04. The van der Waals surface area contributed by atoms with Crippen LogP contribution in [0.25, 0.3) is 0 Å². The van der Waals surface area contributed by atoms with Crippen LogP contribution in [0.4, 0.5) is 10.1 Å². The van der Waals surface area contributed by atoms with Crippen LogP contribution in [-0.4, -0.2) is 47.4 Å². The molecule has 6 nitrogen and oxygen atoms in total. The maximum atomic E-state index is 14.3. The first-order valence-electron chi connectivity index (χ1n) is 13.8. The Bertz CT molecular complexity index is 1400. The monoisotopic (exact) mass is 600 g/mol. The van der Waals surface area contributed by atoms with Crippen molar-refractivity contribution in [3.63, 3.8) is 0 Å². The van der Waals surface area contributed by atoms with Gasteiger partial charge in [-0.1, -0.05) is 67.8 Å². The summed E-state index contributed by atoms with van der Waals surface area (Å²) in [6, 6.07) is 9.85. The van der Waals surface area contributed by atoms with E-state index in [1.807, 2.05) is 39.0 Å². The molecule has 3 N–H and O–H groups in total. The van der Waals surface area contributed by atoms with Crippen molar-refractivity contribution in [2.75, 3.05) is 18.4 Å². The number of nitrogens with one attached hydrogen (secondary N) is 1.